The third-order valence-corrected chi connectivity index (χ3v) is 3.11. The van der Waals surface area contributed by atoms with E-state index in [4.69, 9.17) is 14.9 Å². The maximum atomic E-state index is 11.0. The number of carboxylic acids is 2. The molecule has 0 radical (unpaired) electrons. The molecular formula is C12H8O5. The number of fused-ring (bicyclic) bond motifs is 3. The van der Waals surface area contributed by atoms with E-state index >= 15 is 0 Å². The van der Waals surface area contributed by atoms with Crippen molar-refractivity contribution in [3.8, 4) is 0 Å². The first-order valence-electron chi connectivity index (χ1n) is 5.02. The molecule has 1 saturated heterocycles. The number of hydrogen-bond donors (Lipinski definition) is 2. The summed E-state index contributed by atoms with van der Waals surface area (Å²) in [5.74, 6) is -2.03. The van der Waals surface area contributed by atoms with Crippen LogP contribution in [0.3, 0.4) is 0 Å². The van der Waals surface area contributed by atoms with E-state index in [2.05, 4.69) is 0 Å². The number of hydrogen-bond acceptors (Lipinski definition) is 3. The zero-order chi connectivity index (χ0) is 12.2. The Kier molecular flexibility index (Phi) is 1.74. The minimum absolute atomic E-state index is 0.178. The van der Waals surface area contributed by atoms with Gasteiger partial charge in [0.2, 0.25) is 5.60 Å². The van der Waals surface area contributed by atoms with Crippen LogP contribution in [0.15, 0.2) is 24.3 Å². The third-order valence-electron chi connectivity index (χ3n) is 3.11. The highest BCUT2D eigenvalue weighted by Crippen LogP contribution is 2.54. The summed E-state index contributed by atoms with van der Waals surface area (Å²) in [5, 5.41) is 17.9. The Morgan fingerprint density at radius 1 is 1.29 bits per heavy atom. The van der Waals surface area contributed by atoms with Gasteiger partial charge in [0.1, 0.15) is 6.10 Å². The Labute approximate surface area is 95.9 Å². The molecule has 0 bridgehead atoms. The van der Waals surface area contributed by atoms with Crippen molar-refractivity contribution in [2.24, 2.45) is 0 Å². The van der Waals surface area contributed by atoms with E-state index in [9.17, 15) is 9.59 Å². The lowest BCUT2D eigenvalue weighted by Crippen LogP contribution is -2.23. The lowest BCUT2D eigenvalue weighted by atomic mass is 9.89. The Morgan fingerprint density at radius 2 is 2.06 bits per heavy atom. The Hall–Kier alpha value is -2.14. The van der Waals surface area contributed by atoms with Crippen LogP contribution in [0.25, 0.3) is 6.08 Å². The van der Waals surface area contributed by atoms with E-state index in [1.165, 1.54) is 18.2 Å². The Bertz CT molecular complexity index is 574. The number of ether oxygens (including phenoxy) is 1. The molecule has 86 valence electrons. The summed E-state index contributed by atoms with van der Waals surface area (Å²) in [5.41, 5.74) is 0.360. The molecular weight excluding hydrogens is 224 g/mol. The van der Waals surface area contributed by atoms with E-state index in [-0.39, 0.29) is 5.56 Å². The predicted octanol–water partition coefficient (Wildman–Crippen LogP) is 1.31. The second-order valence-corrected chi connectivity index (χ2v) is 4.08. The molecule has 5 nitrogen and oxygen atoms in total. The van der Waals surface area contributed by atoms with Crippen molar-refractivity contribution >= 4 is 18.0 Å². The van der Waals surface area contributed by atoms with Gasteiger partial charge in [-0.25, -0.2) is 9.59 Å². The summed E-state index contributed by atoms with van der Waals surface area (Å²) in [6, 6.07) is 4.58. The van der Waals surface area contributed by atoms with Gasteiger partial charge in [0, 0.05) is 0 Å². The number of carboxylic acid groups (broad SMARTS) is 2. The highest BCUT2D eigenvalue weighted by Gasteiger charge is 2.63. The molecule has 1 aliphatic carbocycles. The fourth-order valence-corrected chi connectivity index (χ4v) is 2.12. The zero-order valence-corrected chi connectivity index (χ0v) is 8.58. The van der Waals surface area contributed by atoms with Crippen LogP contribution in [0.2, 0.25) is 0 Å². The lowest BCUT2D eigenvalue weighted by molar-refractivity contribution is -0.141. The second-order valence-electron chi connectivity index (χ2n) is 4.08. The standard InChI is InChI=1S/C12H8O5/c13-10(14)7-1-2-8-6(5-7)3-4-12(11(15)16)9(8)17-12/h1-5,9H,(H,13,14)(H,15,16). The molecule has 2 atom stereocenters. The van der Waals surface area contributed by atoms with Crippen molar-refractivity contribution in [2.75, 3.05) is 0 Å². The molecule has 5 heteroatoms. The van der Waals surface area contributed by atoms with E-state index in [1.807, 2.05) is 0 Å². The smallest absolute Gasteiger partial charge is 0.343 e. The quantitative estimate of drug-likeness (QED) is 0.750. The van der Waals surface area contributed by atoms with Crippen molar-refractivity contribution in [1.82, 2.24) is 0 Å². The van der Waals surface area contributed by atoms with Crippen LogP contribution in [-0.4, -0.2) is 27.8 Å². The molecule has 1 fully saturated rings. The summed E-state index contributed by atoms with van der Waals surface area (Å²) in [4.78, 5) is 21.8. The average molecular weight is 232 g/mol. The van der Waals surface area contributed by atoms with Crippen LogP contribution >= 0.6 is 0 Å². The monoisotopic (exact) mass is 232 g/mol. The molecule has 2 N–H and O–H groups in total. The van der Waals surface area contributed by atoms with Crippen LogP contribution in [-0.2, 0) is 9.53 Å². The van der Waals surface area contributed by atoms with E-state index < -0.39 is 23.6 Å². The maximum Gasteiger partial charge on any atom is 0.343 e. The molecule has 1 heterocycles. The van der Waals surface area contributed by atoms with Crippen molar-refractivity contribution in [1.29, 1.82) is 0 Å². The van der Waals surface area contributed by atoms with Crippen LogP contribution in [0.4, 0.5) is 0 Å². The van der Waals surface area contributed by atoms with Gasteiger partial charge in [-0.05, 0) is 29.3 Å². The summed E-state index contributed by atoms with van der Waals surface area (Å²) in [6.07, 6.45) is 2.57. The second kappa shape index (κ2) is 2.95. The normalized spacial score (nSPS) is 28.1. The molecule has 2 aliphatic rings. The van der Waals surface area contributed by atoms with Gasteiger partial charge in [-0.3, -0.25) is 0 Å². The fraction of sp³-hybridized carbons (Fsp3) is 0.167. The van der Waals surface area contributed by atoms with Crippen LogP contribution in [0.5, 0.6) is 0 Å². The van der Waals surface area contributed by atoms with Gasteiger partial charge < -0.3 is 14.9 Å². The minimum atomic E-state index is -1.24. The first kappa shape index (κ1) is 10.0. The number of epoxide rings is 1. The zero-order valence-electron chi connectivity index (χ0n) is 8.58. The molecule has 3 rings (SSSR count). The summed E-state index contributed by atoms with van der Waals surface area (Å²) >= 11 is 0. The summed E-state index contributed by atoms with van der Waals surface area (Å²) in [6.45, 7) is 0. The molecule has 0 saturated carbocycles. The highest BCUT2D eigenvalue weighted by molar-refractivity contribution is 5.91. The minimum Gasteiger partial charge on any atom is -0.479 e. The van der Waals surface area contributed by atoms with Crippen molar-refractivity contribution in [3.05, 3.63) is 41.0 Å². The topological polar surface area (TPSA) is 87.1 Å². The summed E-state index contributed by atoms with van der Waals surface area (Å²) in [7, 11) is 0. The molecule has 1 aliphatic heterocycles. The highest BCUT2D eigenvalue weighted by atomic mass is 16.6. The van der Waals surface area contributed by atoms with Crippen molar-refractivity contribution < 1.29 is 24.5 Å². The van der Waals surface area contributed by atoms with Gasteiger partial charge in [0.05, 0.1) is 5.56 Å². The van der Waals surface area contributed by atoms with Gasteiger partial charge in [-0.1, -0.05) is 12.1 Å². The average Bonchev–Trinajstić information content (AvgIpc) is 3.04. The molecule has 0 amide bonds. The van der Waals surface area contributed by atoms with Crippen molar-refractivity contribution in [2.45, 2.75) is 11.7 Å². The molecule has 0 spiro atoms. The lowest BCUT2D eigenvalue weighted by Gasteiger charge is -2.11. The first-order chi connectivity index (χ1) is 8.04. The molecule has 1 aromatic carbocycles. The van der Waals surface area contributed by atoms with Crippen molar-refractivity contribution in [3.63, 3.8) is 0 Å². The number of carbonyl (C=O) groups is 2. The summed E-state index contributed by atoms with van der Waals surface area (Å²) < 4.78 is 5.22. The van der Waals surface area contributed by atoms with Crippen LogP contribution in [0.1, 0.15) is 27.6 Å². The molecule has 1 aromatic rings. The van der Waals surface area contributed by atoms with Gasteiger partial charge in [-0.15, -0.1) is 0 Å². The predicted molar refractivity (Wildman–Crippen MR) is 56.6 cm³/mol. The SMILES string of the molecule is O=C(O)c1ccc2c(c1)C=CC1(C(=O)O)OC21. The van der Waals surface area contributed by atoms with Gasteiger partial charge in [0.25, 0.3) is 0 Å². The third kappa shape index (κ3) is 1.23. The number of aromatic carboxylic acids is 1. The maximum absolute atomic E-state index is 11.0. The van der Waals surface area contributed by atoms with E-state index in [0.717, 1.165) is 5.56 Å². The Morgan fingerprint density at radius 3 is 2.71 bits per heavy atom. The van der Waals surface area contributed by atoms with Gasteiger partial charge in [0.15, 0.2) is 0 Å². The largest absolute Gasteiger partial charge is 0.479 e. The molecule has 2 unspecified atom stereocenters. The van der Waals surface area contributed by atoms with Crippen LogP contribution in [0, 0.1) is 0 Å². The molecule has 17 heavy (non-hydrogen) atoms. The van der Waals surface area contributed by atoms with E-state index in [1.54, 1.807) is 12.1 Å². The first-order valence-corrected chi connectivity index (χ1v) is 5.02. The number of benzene rings is 1. The Balaban J connectivity index is 2.07. The van der Waals surface area contributed by atoms with Gasteiger partial charge >= 0.3 is 11.9 Å². The molecule has 0 aromatic heterocycles. The number of aliphatic carboxylic acids is 1. The van der Waals surface area contributed by atoms with Crippen LogP contribution < -0.4 is 0 Å². The van der Waals surface area contributed by atoms with Gasteiger partial charge in [-0.2, -0.15) is 0 Å². The fourth-order valence-electron chi connectivity index (χ4n) is 2.12. The number of rotatable bonds is 2. The van der Waals surface area contributed by atoms with E-state index in [0.29, 0.717) is 5.56 Å².